The quantitative estimate of drug-likeness (QED) is 0.822. The number of alkyl halides is 1. The van der Waals surface area contributed by atoms with Crippen molar-refractivity contribution in [2.45, 2.75) is 13.0 Å². The van der Waals surface area contributed by atoms with Crippen LogP contribution in [-0.4, -0.2) is 22.9 Å². The van der Waals surface area contributed by atoms with Gasteiger partial charge in [-0.05, 0) is 24.6 Å². The van der Waals surface area contributed by atoms with Crippen molar-refractivity contribution >= 4 is 21.8 Å². The van der Waals surface area contributed by atoms with Crippen LogP contribution in [0, 0.1) is 0 Å². The smallest absolute Gasteiger partial charge is 0.251 e. The van der Waals surface area contributed by atoms with Crippen LogP contribution in [0.2, 0.25) is 0 Å². The van der Waals surface area contributed by atoms with E-state index in [1.807, 2.05) is 6.92 Å². The van der Waals surface area contributed by atoms with Crippen LogP contribution in [0.1, 0.15) is 28.9 Å². The van der Waals surface area contributed by atoms with E-state index < -0.39 is 6.10 Å². The lowest BCUT2D eigenvalue weighted by Gasteiger charge is -2.09. The average molecular weight is 272 g/mol. The first kappa shape index (κ1) is 12.2. The molecule has 0 fully saturated rings. The Morgan fingerprint density at radius 2 is 2.33 bits per heavy atom. The van der Waals surface area contributed by atoms with E-state index in [9.17, 15) is 9.90 Å². The zero-order valence-electron chi connectivity index (χ0n) is 8.53. The third kappa shape index (κ3) is 3.32. The van der Waals surface area contributed by atoms with Gasteiger partial charge in [0.2, 0.25) is 0 Å². The Morgan fingerprint density at radius 3 is 2.93 bits per heavy atom. The molecule has 1 aromatic carbocycles. The number of rotatable bonds is 4. The highest BCUT2D eigenvalue weighted by Gasteiger charge is 2.09. The van der Waals surface area contributed by atoms with Gasteiger partial charge in [-0.3, -0.25) is 4.79 Å². The predicted molar refractivity (Wildman–Crippen MR) is 63.2 cm³/mol. The SMILES string of the molecule is CCNC(=O)c1cccc(C(O)CBr)c1. The summed E-state index contributed by atoms with van der Waals surface area (Å²) in [6.45, 7) is 2.47. The number of hydrogen-bond donors (Lipinski definition) is 2. The fraction of sp³-hybridized carbons (Fsp3) is 0.364. The number of carbonyl (C=O) groups excluding carboxylic acids is 1. The van der Waals surface area contributed by atoms with Crippen LogP contribution in [0.5, 0.6) is 0 Å². The Bertz CT molecular complexity index is 341. The maximum Gasteiger partial charge on any atom is 0.251 e. The summed E-state index contributed by atoms with van der Waals surface area (Å²) in [5.41, 5.74) is 1.32. The fourth-order valence-corrected chi connectivity index (χ4v) is 1.61. The van der Waals surface area contributed by atoms with E-state index >= 15 is 0 Å². The van der Waals surface area contributed by atoms with Gasteiger partial charge in [0.1, 0.15) is 0 Å². The molecule has 1 amide bonds. The lowest BCUT2D eigenvalue weighted by atomic mass is 10.1. The second kappa shape index (κ2) is 5.88. The summed E-state index contributed by atoms with van der Waals surface area (Å²) in [5, 5.41) is 12.8. The molecule has 0 aliphatic rings. The molecule has 0 bridgehead atoms. The van der Waals surface area contributed by atoms with Crippen molar-refractivity contribution in [1.29, 1.82) is 0 Å². The summed E-state index contributed by atoms with van der Waals surface area (Å²) in [6.07, 6.45) is -0.570. The molecular weight excluding hydrogens is 258 g/mol. The first-order valence-electron chi connectivity index (χ1n) is 4.81. The lowest BCUT2D eigenvalue weighted by Crippen LogP contribution is -2.22. The van der Waals surface area contributed by atoms with Crippen LogP contribution >= 0.6 is 15.9 Å². The number of amides is 1. The van der Waals surface area contributed by atoms with Crippen molar-refractivity contribution in [2.75, 3.05) is 11.9 Å². The van der Waals surface area contributed by atoms with E-state index in [1.165, 1.54) is 0 Å². The highest BCUT2D eigenvalue weighted by Crippen LogP contribution is 2.16. The van der Waals surface area contributed by atoms with Crippen LogP contribution in [0.3, 0.4) is 0 Å². The minimum atomic E-state index is -0.570. The molecule has 3 nitrogen and oxygen atoms in total. The Kier molecular flexibility index (Phi) is 4.78. The van der Waals surface area contributed by atoms with Gasteiger partial charge in [0.15, 0.2) is 0 Å². The van der Waals surface area contributed by atoms with E-state index in [4.69, 9.17) is 0 Å². The zero-order valence-corrected chi connectivity index (χ0v) is 10.1. The highest BCUT2D eigenvalue weighted by atomic mass is 79.9. The molecule has 0 heterocycles. The molecule has 0 aliphatic heterocycles. The van der Waals surface area contributed by atoms with E-state index in [-0.39, 0.29) is 5.91 Å². The van der Waals surface area contributed by atoms with Crippen LogP contribution in [-0.2, 0) is 0 Å². The normalized spacial score (nSPS) is 12.2. The van der Waals surface area contributed by atoms with Gasteiger partial charge in [-0.2, -0.15) is 0 Å². The number of nitrogens with one attached hydrogen (secondary N) is 1. The second-order valence-electron chi connectivity index (χ2n) is 3.16. The number of aliphatic hydroxyl groups is 1. The number of benzene rings is 1. The van der Waals surface area contributed by atoms with Gasteiger partial charge in [-0.25, -0.2) is 0 Å². The molecule has 1 atom stereocenters. The van der Waals surface area contributed by atoms with Crippen molar-refractivity contribution in [3.63, 3.8) is 0 Å². The van der Waals surface area contributed by atoms with Crippen LogP contribution in [0.4, 0.5) is 0 Å². The minimum absolute atomic E-state index is 0.110. The molecule has 82 valence electrons. The summed E-state index contributed by atoms with van der Waals surface area (Å²) in [6, 6.07) is 7.01. The maximum atomic E-state index is 11.5. The first-order valence-corrected chi connectivity index (χ1v) is 5.93. The van der Waals surface area contributed by atoms with Crippen LogP contribution < -0.4 is 5.32 Å². The molecule has 1 aromatic rings. The first-order chi connectivity index (χ1) is 7.19. The van der Waals surface area contributed by atoms with Gasteiger partial charge in [-0.1, -0.05) is 28.1 Å². The van der Waals surface area contributed by atoms with E-state index in [2.05, 4.69) is 21.2 Å². The Balaban J connectivity index is 2.87. The molecule has 0 saturated carbocycles. The molecule has 2 N–H and O–H groups in total. The predicted octanol–water partition coefficient (Wildman–Crippen LogP) is 1.86. The second-order valence-corrected chi connectivity index (χ2v) is 3.80. The summed E-state index contributed by atoms with van der Waals surface area (Å²) >= 11 is 3.19. The molecule has 0 aromatic heterocycles. The van der Waals surface area contributed by atoms with Gasteiger partial charge >= 0.3 is 0 Å². The number of aliphatic hydroxyl groups excluding tert-OH is 1. The minimum Gasteiger partial charge on any atom is -0.388 e. The monoisotopic (exact) mass is 271 g/mol. The standard InChI is InChI=1S/C11H14BrNO2/c1-2-13-11(15)9-5-3-4-8(6-9)10(14)7-12/h3-6,10,14H,2,7H2,1H3,(H,13,15). The van der Waals surface area contributed by atoms with Crippen LogP contribution in [0.25, 0.3) is 0 Å². The molecule has 1 rings (SSSR count). The molecule has 0 aliphatic carbocycles. The van der Waals surface area contributed by atoms with Crippen molar-refractivity contribution < 1.29 is 9.90 Å². The van der Waals surface area contributed by atoms with Gasteiger partial charge in [-0.15, -0.1) is 0 Å². The van der Waals surface area contributed by atoms with E-state index in [1.54, 1.807) is 24.3 Å². The molecule has 0 saturated heterocycles. The van der Waals surface area contributed by atoms with Crippen molar-refractivity contribution in [3.05, 3.63) is 35.4 Å². The summed E-state index contributed by atoms with van der Waals surface area (Å²) in [4.78, 5) is 11.5. The van der Waals surface area contributed by atoms with E-state index in [0.717, 1.165) is 5.56 Å². The van der Waals surface area contributed by atoms with E-state index in [0.29, 0.717) is 17.4 Å². The lowest BCUT2D eigenvalue weighted by molar-refractivity contribution is 0.0955. The third-order valence-electron chi connectivity index (χ3n) is 2.02. The average Bonchev–Trinajstić information content (AvgIpc) is 2.28. The van der Waals surface area contributed by atoms with Crippen molar-refractivity contribution in [2.24, 2.45) is 0 Å². The Labute approximate surface area is 97.6 Å². The van der Waals surface area contributed by atoms with Crippen molar-refractivity contribution in [3.8, 4) is 0 Å². The summed E-state index contributed by atoms with van der Waals surface area (Å²) in [5.74, 6) is -0.110. The van der Waals surface area contributed by atoms with Crippen LogP contribution in [0.15, 0.2) is 24.3 Å². The third-order valence-corrected chi connectivity index (χ3v) is 2.63. The molecule has 1 unspecified atom stereocenters. The molecular formula is C11H14BrNO2. The number of hydrogen-bond acceptors (Lipinski definition) is 2. The maximum absolute atomic E-state index is 11.5. The molecule has 15 heavy (non-hydrogen) atoms. The highest BCUT2D eigenvalue weighted by molar-refractivity contribution is 9.09. The van der Waals surface area contributed by atoms with Gasteiger partial charge in [0, 0.05) is 17.4 Å². The number of halogens is 1. The summed E-state index contributed by atoms with van der Waals surface area (Å²) < 4.78 is 0. The zero-order chi connectivity index (χ0) is 11.3. The van der Waals surface area contributed by atoms with Gasteiger partial charge in [0.25, 0.3) is 5.91 Å². The Morgan fingerprint density at radius 1 is 1.60 bits per heavy atom. The Hall–Kier alpha value is -0.870. The van der Waals surface area contributed by atoms with Gasteiger partial charge in [0.05, 0.1) is 6.10 Å². The van der Waals surface area contributed by atoms with Gasteiger partial charge < -0.3 is 10.4 Å². The van der Waals surface area contributed by atoms with Crippen molar-refractivity contribution in [1.82, 2.24) is 5.32 Å². The molecule has 0 radical (unpaired) electrons. The topological polar surface area (TPSA) is 49.3 Å². The summed E-state index contributed by atoms with van der Waals surface area (Å²) in [7, 11) is 0. The largest absolute Gasteiger partial charge is 0.388 e. The molecule has 0 spiro atoms. The number of carbonyl (C=O) groups is 1. The fourth-order valence-electron chi connectivity index (χ4n) is 1.24. The molecule has 4 heteroatoms.